The van der Waals surface area contributed by atoms with E-state index in [4.69, 9.17) is 27.9 Å². The smallest absolute Gasteiger partial charge is 0.289 e. The fourth-order valence-corrected chi connectivity index (χ4v) is 2.37. The van der Waals surface area contributed by atoms with Crippen LogP contribution >= 0.6 is 45.8 Å². The average Bonchev–Trinajstić information content (AvgIpc) is 2.53. The topological polar surface area (TPSA) is 57.0 Å². The third-order valence-electron chi connectivity index (χ3n) is 3.35. The van der Waals surface area contributed by atoms with Gasteiger partial charge in [0, 0.05) is 11.8 Å². The van der Waals surface area contributed by atoms with E-state index in [9.17, 15) is 4.79 Å². The maximum Gasteiger partial charge on any atom is 0.289 e. The second-order valence-electron chi connectivity index (χ2n) is 5.33. The quantitative estimate of drug-likeness (QED) is 0.367. The Morgan fingerprint density at radius 1 is 1.39 bits per heavy atom. The molecule has 0 N–H and O–H groups in total. The van der Waals surface area contributed by atoms with Gasteiger partial charge < -0.3 is 4.74 Å². The monoisotopic (exact) mass is 467 g/mol. The molecule has 0 aromatic carbocycles. The number of nitrogens with zero attached hydrogens (tertiary/aromatic N) is 3. The minimum atomic E-state index is -0.546. The molecule has 0 aliphatic heterocycles. The van der Waals surface area contributed by atoms with Gasteiger partial charge >= 0.3 is 0 Å². The lowest BCUT2D eigenvalue weighted by Gasteiger charge is -2.20. The van der Waals surface area contributed by atoms with Crippen LogP contribution in [0.1, 0.15) is 25.8 Å². The summed E-state index contributed by atoms with van der Waals surface area (Å²) in [5.74, 6) is 0.249. The molecule has 0 spiro atoms. The predicted octanol–water partition coefficient (Wildman–Crippen LogP) is 3.88. The number of halogens is 3. The molecule has 0 aliphatic rings. The van der Waals surface area contributed by atoms with Gasteiger partial charge in [0.1, 0.15) is 10.3 Å². The molecule has 2 aromatic heterocycles. The Morgan fingerprint density at radius 3 is 2.74 bits per heavy atom. The van der Waals surface area contributed by atoms with E-state index in [0.717, 1.165) is 9.26 Å². The first-order valence-electron chi connectivity index (χ1n) is 7.00. The lowest BCUT2D eigenvalue weighted by atomic mass is 10.1. The zero-order valence-electron chi connectivity index (χ0n) is 12.7. The summed E-state index contributed by atoms with van der Waals surface area (Å²) in [4.78, 5) is 15.9. The van der Waals surface area contributed by atoms with Gasteiger partial charge in [-0.3, -0.25) is 4.79 Å². The molecular weight excluding hydrogens is 452 g/mol. The lowest BCUT2D eigenvalue weighted by Crippen LogP contribution is -2.32. The fourth-order valence-electron chi connectivity index (χ4n) is 1.74. The van der Waals surface area contributed by atoms with Gasteiger partial charge in [-0.1, -0.05) is 24.6 Å². The van der Waals surface area contributed by atoms with Crippen LogP contribution in [-0.2, 0) is 13.2 Å². The molecule has 0 radical (unpaired) electrons. The molecule has 2 rings (SSSR count). The Morgan fingerprint density at radius 2 is 2.13 bits per heavy atom. The van der Waals surface area contributed by atoms with E-state index in [1.165, 1.54) is 10.9 Å². The summed E-state index contributed by atoms with van der Waals surface area (Å²) in [6, 6.07) is 3.78. The van der Waals surface area contributed by atoms with Crippen molar-refractivity contribution >= 4 is 45.8 Å². The van der Waals surface area contributed by atoms with Crippen LogP contribution in [0.3, 0.4) is 0 Å². The lowest BCUT2D eigenvalue weighted by molar-refractivity contribution is 0.301. The third-order valence-corrected chi connectivity index (χ3v) is 4.73. The summed E-state index contributed by atoms with van der Waals surface area (Å²) in [5, 5.41) is 4.09. The molecule has 124 valence electrons. The first kappa shape index (κ1) is 18.5. The summed E-state index contributed by atoms with van der Waals surface area (Å²) >= 11 is 14.5. The number of hydrogen-bond donors (Lipinski definition) is 0. The van der Waals surface area contributed by atoms with E-state index in [2.05, 4.69) is 32.7 Å². The van der Waals surface area contributed by atoms with Gasteiger partial charge in [0.15, 0.2) is 10.8 Å². The molecule has 0 saturated heterocycles. The van der Waals surface area contributed by atoms with Crippen molar-refractivity contribution in [3.8, 4) is 5.75 Å². The molecule has 0 bridgehead atoms. The zero-order valence-corrected chi connectivity index (χ0v) is 16.4. The summed E-state index contributed by atoms with van der Waals surface area (Å²) in [7, 11) is 0. The van der Waals surface area contributed by atoms with Crippen LogP contribution in [0.25, 0.3) is 0 Å². The molecule has 2 heterocycles. The maximum atomic E-state index is 12.3. The van der Waals surface area contributed by atoms with Crippen LogP contribution in [0.2, 0.25) is 5.02 Å². The summed E-state index contributed by atoms with van der Waals surface area (Å²) in [6.45, 7) is 4.35. The van der Waals surface area contributed by atoms with Crippen molar-refractivity contribution in [1.29, 1.82) is 0 Å². The van der Waals surface area contributed by atoms with Crippen molar-refractivity contribution in [2.45, 2.75) is 38.3 Å². The zero-order chi connectivity index (χ0) is 17.0. The molecule has 0 amide bonds. The van der Waals surface area contributed by atoms with Gasteiger partial charge in [-0.05, 0) is 42.0 Å². The van der Waals surface area contributed by atoms with Crippen LogP contribution in [-0.4, -0.2) is 19.6 Å². The van der Waals surface area contributed by atoms with Crippen molar-refractivity contribution in [3.05, 3.63) is 49.2 Å². The largest absolute Gasteiger partial charge is 0.485 e. The van der Waals surface area contributed by atoms with Gasteiger partial charge in [0.05, 0.1) is 17.6 Å². The first-order chi connectivity index (χ1) is 10.8. The number of hydrogen-bond acceptors (Lipinski definition) is 4. The molecule has 0 saturated carbocycles. The van der Waals surface area contributed by atoms with E-state index in [0.29, 0.717) is 6.42 Å². The van der Waals surface area contributed by atoms with Gasteiger partial charge in [-0.25, -0.2) is 9.67 Å². The summed E-state index contributed by atoms with van der Waals surface area (Å²) in [6.07, 6.45) is 3.86. The number of alkyl halides is 1. The number of rotatable bonds is 6. The molecule has 0 aliphatic carbocycles. The fraction of sp³-hybridized carbons (Fsp3) is 0.400. The highest BCUT2D eigenvalue weighted by Gasteiger charge is 2.21. The molecular formula is C15H16Cl2IN3O2. The van der Waals surface area contributed by atoms with Gasteiger partial charge in [0.2, 0.25) is 0 Å². The molecule has 23 heavy (non-hydrogen) atoms. The summed E-state index contributed by atoms with van der Waals surface area (Å²) < 4.78 is 7.73. The van der Waals surface area contributed by atoms with E-state index >= 15 is 0 Å². The van der Waals surface area contributed by atoms with Gasteiger partial charge in [-0.2, -0.15) is 5.10 Å². The van der Waals surface area contributed by atoms with Crippen LogP contribution < -0.4 is 10.3 Å². The number of pyridine rings is 1. The minimum absolute atomic E-state index is 0.00189. The Balaban J connectivity index is 2.14. The van der Waals surface area contributed by atoms with Crippen LogP contribution in [0.15, 0.2) is 29.3 Å². The molecule has 2 aromatic rings. The standard InChI is InChI=1S/C15H16Cl2IN3O2/c1-3-15(2,17)9-21-14(22)13(16)11(7-20-21)23-8-10-4-5-12(18)19-6-10/h4-7H,3,8-9H2,1-2H3. The molecule has 1 atom stereocenters. The van der Waals surface area contributed by atoms with Crippen molar-refractivity contribution in [2.24, 2.45) is 0 Å². The predicted molar refractivity (Wildman–Crippen MR) is 99.3 cm³/mol. The third kappa shape index (κ3) is 5.06. The first-order valence-corrected chi connectivity index (χ1v) is 8.83. The normalized spacial score (nSPS) is 13.6. The van der Waals surface area contributed by atoms with E-state index in [-0.39, 0.29) is 23.9 Å². The van der Waals surface area contributed by atoms with Crippen molar-refractivity contribution in [1.82, 2.24) is 14.8 Å². The Labute approximate surface area is 158 Å². The van der Waals surface area contributed by atoms with Crippen LogP contribution in [0, 0.1) is 3.70 Å². The molecule has 8 heteroatoms. The van der Waals surface area contributed by atoms with Gasteiger partial charge in [0.25, 0.3) is 5.56 Å². The maximum absolute atomic E-state index is 12.3. The highest BCUT2D eigenvalue weighted by atomic mass is 127. The Hall–Kier alpha value is -0.860. The highest BCUT2D eigenvalue weighted by Crippen LogP contribution is 2.23. The Kier molecular flexibility index (Phi) is 6.27. The van der Waals surface area contributed by atoms with Crippen molar-refractivity contribution < 1.29 is 4.74 Å². The van der Waals surface area contributed by atoms with Crippen LogP contribution in [0.4, 0.5) is 0 Å². The van der Waals surface area contributed by atoms with E-state index < -0.39 is 10.4 Å². The average molecular weight is 468 g/mol. The highest BCUT2D eigenvalue weighted by molar-refractivity contribution is 14.1. The molecule has 1 unspecified atom stereocenters. The van der Waals surface area contributed by atoms with E-state index in [1.54, 1.807) is 6.20 Å². The molecule has 0 fully saturated rings. The summed E-state index contributed by atoms with van der Waals surface area (Å²) in [5.41, 5.74) is 0.468. The Bertz CT molecular complexity index is 732. The second kappa shape index (κ2) is 7.81. The van der Waals surface area contributed by atoms with Crippen molar-refractivity contribution in [3.63, 3.8) is 0 Å². The molecule has 5 nitrogen and oxygen atoms in total. The number of aromatic nitrogens is 3. The minimum Gasteiger partial charge on any atom is -0.485 e. The SMILES string of the molecule is CCC(C)(Cl)Cn1ncc(OCc2ccc(I)nc2)c(Cl)c1=O. The second-order valence-corrected chi connectivity index (χ2v) is 7.73. The van der Waals surface area contributed by atoms with Gasteiger partial charge in [-0.15, -0.1) is 11.6 Å². The van der Waals surface area contributed by atoms with E-state index in [1.807, 2.05) is 26.0 Å². The number of ether oxygens (including phenoxy) is 1. The van der Waals surface area contributed by atoms with Crippen molar-refractivity contribution in [2.75, 3.05) is 0 Å². The van der Waals surface area contributed by atoms with Crippen LogP contribution in [0.5, 0.6) is 5.75 Å².